The predicted molar refractivity (Wildman–Crippen MR) is 92.7 cm³/mol. The van der Waals surface area contributed by atoms with Gasteiger partial charge in [0.1, 0.15) is 0 Å². The van der Waals surface area contributed by atoms with Crippen molar-refractivity contribution in [3.05, 3.63) is 0 Å². The van der Waals surface area contributed by atoms with Gasteiger partial charge in [0.05, 0.1) is 0 Å². The monoisotopic (exact) mass is 297 g/mol. The first-order valence-electron chi connectivity index (χ1n) is 8.78. The van der Waals surface area contributed by atoms with E-state index in [4.69, 9.17) is 12.6 Å². The highest BCUT2D eigenvalue weighted by Crippen LogP contribution is 2.40. The van der Waals surface area contributed by atoms with Gasteiger partial charge in [-0.05, 0) is 62.2 Å². The molecular weight excluding hydrogens is 262 g/mol. The summed E-state index contributed by atoms with van der Waals surface area (Å²) in [6, 6.07) is 0.822. The second-order valence-electron chi connectivity index (χ2n) is 8.38. The molecule has 2 aliphatic rings. The number of rotatable bonds is 4. The predicted octanol–water partition coefficient (Wildman–Crippen LogP) is 5.16. The fraction of sp³-hybridized carbons (Fsp3) is 1.00. The van der Waals surface area contributed by atoms with Gasteiger partial charge < -0.3 is 4.90 Å². The van der Waals surface area contributed by atoms with E-state index < -0.39 is 0 Å². The molecule has 20 heavy (non-hydrogen) atoms. The summed E-state index contributed by atoms with van der Waals surface area (Å²) in [4.78, 5) is 2.69. The Morgan fingerprint density at radius 3 is 2.00 bits per heavy atom. The SMILES string of the molecule is CN(CC1(CS)CCCCCC1)C1CCC(C)(C)CC1. The van der Waals surface area contributed by atoms with Gasteiger partial charge >= 0.3 is 0 Å². The Balaban J connectivity index is 1.90. The largest absolute Gasteiger partial charge is 0.303 e. The summed E-state index contributed by atoms with van der Waals surface area (Å²) < 4.78 is 0. The van der Waals surface area contributed by atoms with Crippen molar-refractivity contribution in [2.75, 3.05) is 19.3 Å². The van der Waals surface area contributed by atoms with E-state index in [9.17, 15) is 0 Å². The third kappa shape index (κ3) is 4.40. The van der Waals surface area contributed by atoms with E-state index in [1.165, 1.54) is 70.8 Å². The molecule has 0 bridgehead atoms. The van der Waals surface area contributed by atoms with Crippen molar-refractivity contribution in [1.29, 1.82) is 0 Å². The number of thiol groups is 1. The van der Waals surface area contributed by atoms with Crippen LogP contribution in [0.5, 0.6) is 0 Å². The minimum Gasteiger partial charge on any atom is -0.303 e. The molecule has 0 amide bonds. The van der Waals surface area contributed by atoms with E-state index in [-0.39, 0.29) is 0 Å². The molecule has 0 aromatic heterocycles. The van der Waals surface area contributed by atoms with E-state index in [0.29, 0.717) is 10.8 Å². The zero-order chi connectivity index (χ0) is 14.6. The highest BCUT2D eigenvalue weighted by molar-refractivity contribution is 7.80. The third-order valence-electron chi connectivity index (χ3n) is 6.02. The smallest absolute Gasteiger partial charge is 0.00928 e. The van der Waals surface area contributed by atoms with Gasteiger partial charge in [0, 0.05) is 12.6 Å². The molecular formula is C18H35NS. The van der Waals surface area contributed by atoms with Crippen LogP contribution in [0, 0.1) is 10.8 Å². The van der Waals surface area contributed by atoms with Crippen LogP contribution in [0.25, 0.3) is 0 Å². The molecule has 0 aliphatic heterocycles. The highest BCUT2D eigenvalue weighted by atomic mass is 32.1. The standard InChI is InChI=1S/C18H35NS/c1-17(2)12-8-16(9-13-17)19(3)14-18(15-20)10-6-4-5-7-11-18/h16,20H,4-15H2,1-3H3. The normalized spacial score (nSPS) is 27.4. The van der Waals surface area contributed by atoms with Gasteiger partial charge in [0.2, 0.25) is 0 Å². The summed E-state index contributed by atoms with van der Waals surface area (Å²) in [5.41, 5.74) is 1.09. The molecule has 0 heterocycles. The number of hydrogen-bond acceptors (Lipinski definition) is 2. The average molecular weight is 298 g/mol. The summed E-state index contributed by atoms with van der Waals surface area (Å²) in [6.07, 6.45) is 14.1. The van der Waals surface area contributed by atoms with Crippen LogP contribution in [0.4, 0.5) is 0 Å². The first-order chi connectivity index (χ1) is 9.46. The van der Waals surface area contributed by atoms with Crippen LogP contribution in [0.1, 0.15) is 78.1 Å². The molecule has 0 radical (unpaired) electrons. The second-order valence-corrected chi connectivity index (χ2v) is 8.70. The quantitative estimate of drug-likeness (QED) is 0.554. The Hall–Kier alpha value is 0.310. The molecule has 0 atom stereocenters. The second kappa shape index (κ2) is 7.05. The molecule has 0 saturated heterocycles. The van der Waals surface area contributed by atoms with Crippen molar-refractivity contribution in [3.63, 3.8) is 0 Å². The Morgan fingerprint density at radius 1 is 0.950 bits per heavy atom. The van der Waals surface area contributed by atoms with Crippen LogP contribution in [0.3, 0.4) is 0 Å². The molecule has 0 N–H and O–H groups in total. The number of nitrogens with zero attached hydrogens (tertiary/aromatic N) is 1. The van der Waals surface area contributed by atoms with Crippen LogP contribution in [-0.4, -0.2) is 30.3 Å². The zero-order valence-electron chi connectivity index (χ0n) is 14.0. The fourth-order valence-corrected chi connectivity index (χ4v) is 4.74. The number of hydrogen-bond donors (Lipinski definition) is 1. The Kier molecular flexibility index (Phi) is 5.88. The first kappa shape index (κ1) is 16.7. The maximum atomic E-state index is 4.74. The summed E-state index contributed by atoms with van der Waals surface area (Å²) in [6.45, 7) is 6.15. The summed E-state index contributed by atoms with van der Waals surface area (Å²) in [7, 11) is 2.37. The van der Waals surface area contributed by atoms with Crippen LogP contribution < -0.4 is 0 Å². The summed E-state index contributed by atoms with van der Waals surface area (Å²) in [5, 5.41) is 0. The van der Waals surface area contributed by atoms with Crippen molar-refractivity contribution in [1.82, 2.24) is 4.90 Å². The van der Waals surface area contributed by atoms with Gasteiger partial charge in [-0.1, -0.05) is 39.5 Å². The van der Waals surface area contributed by atoms with Crippen molar-refractivity contribution >= 4 is 12.6 Å². The molecule has 2 saturated carbocycles. The molecule has 2 fully saturated rings. The molecule has 0 spiro atoms. The highest BCUT2D eigenvalue weighted by Gasteiger charge is 2.34. The topological polar surface area (TPSA) is 3.24 Å². The molecule has 0 aromatic carbocycles. The van der Waals surface area contributed by atoms with Crippen LogP contribution >= 0.6 is 12.6 Å². The lowest BCUT2D eigenvalue weighted by Crippen LogP contribution is -2.44. The molecule has 2 rings (SSSR count). The lowest BCUT2D eigenvalue weighted by atomic mass is 9.74. The molecule has 1 nitrogen and oxygen atoms in total. The summed E-state index contributed by atoms with van der Waals surface area (Å²) >= 11 is 4.74. The third-order valence-corrected chi connectivity index (χ3v) is 6.69. The van der Waals surface area contributed by atoms with E-state index in [1.54, 1.807) is 0 Å². The zero-order valence-corrected chi connectivity index (χ0v) is 14.9. The summed E-state index contributed by atoms with van der Waals surface area (Å²) in [5.74, 6) is 1.08. The van der Waals surface area contributed by atoms with Crippen LogP contribution in [0.2, 0.25) is 0 Å². The fourth-order valence-electron chi connectivity index (χ4n) is 4.33. The maximum Gasteiger partial charge on any atom is 0.00928 e. The lowest BCUT2D eigenvalue weighted by molar-refractivity contribution is 0.0849. The van der Waals surface area contributed by atoms with Crippen molar-refractivity contribution in [3.8, 4) is 0 Å². The molecule has 2 heteroatoms. The van der Waals surface area contributed by atoms with E-state index in [2.05, 4.69) is 25.8 Å². The van der Waals surface area contributed by atoms with Crippen molar-refractivity contribution < 1.29 is 0 Å². The minimum atomic E-state index is 0.501. The first-order valence-corrected chi connectivity index (χ1v) is 9.41. The van der Waals surface area contributed by atoms with Gasteiger partial charge in [-0.3, -0.25) is 0 Å². The van der Waals surface area contributed by atoms with E-state index in [0.717, 1.165) is 11.8 Å². The van der Waals surface area contributed by atoms with Crippen LogP contribution in [0.15, 0.2) is 0 Å². The maximum absolute atomic E-state index is 4.74. The Bertz CT molecular complexity index is 282. The van der Waals surface area contributed by atoms with Gasteiger partial charge in [-0.15, -0.1) is 0 Å². The Morgan fingerprint density at radius 2 is 1.50 bits per heavy atom. The van der Waals surface area contributed by atoms with Crippen molar-refractivity contribution in [2.24, 2.45) is 10.8 Å². The van der Waals surface area contributed by atoms with Gasteiger partial charge in [-0.25, -0.2) is 0 Å². The minimum absolute atomic E-state index is 0.501. The van der Waals surface area contributed by atoms with Crippen molar-refractivity contribution in [2.45, 2.75) is 84.1 Å². The molecule has 118 valence electrons. The van der Waals surface area contributed by atoms with Gasteiger partial charge in [-0.2, -0.15) is 12.6 Å². The molecule has 2 aliphatic carbocycles. The van der Waals surface area contributed by atoms with E-state index in [1.807, 2.05) is 0 Å². The van der Waals surface area contributed by atoms with E-state index >= 15 is 0 Å². The van der Waals surface area contributed by atoms with Crippen LogP contribution in [-0.2, 0) is 0 Å². The average Bonchev–Trinajstić information content (AvgIpc) is 2.64. The molecule has 0 aromatic rings. The van der Waals surface area contributed by atoms with Gasteiger partial charge in [0.15, 0.2) is 0 Å². The van der Waals surface area contributed by atoms with Gasteiger partial charge in [0.25, 0.3) is 0 Å². The Labute approximate surface area is 132 Å². The molecule has 0 unspecified atom stereocenters. The lowest BCUT2D eigenvalue weighted by Gasteiger charge is -2.43.